The van der Waals surface area contributed by atoms with Gasteiger partial charge in [-0.1, -0.05) is 82.7 Å². The second-order valence-electron chi connectivity index (χ2n) is 9.19. The van der Waals surface area contributed by atoms with Crippen LogP contribution in [0.1, 0.15) is 25.3 Å². The van der Waals surface area contributed by atoms with E-state index in [4.69, 9.17) is 4.98 Å². The van der Waals surface area contributed by atoms with Crippen LogP contribution in [0.2, 0.25) is 0 Å². The number of hydrogen-bond donors (Lipinski definition) is 0. The first kappa shape index (κ1) is 20.0. The maximum absolute atomic E-state index is 5.16. The predicted octanol–water partition coefficient (Wildman–Crippen LogP) is 9.21. The third-order valence-corrected chi connectivity index (χ3v) is 7.79. The van der Waals surface area contributed by atoms with Crippen molar-refractivity contribution < 1.29 is 0 Å². The zero-order valence-corrected chi connectivity index (χ0v) is 20.3. The molecule has 4 aromatic carbocycles. The Balaban J connectivity index is 1.68. The van der Waals surface area contributed by atoms with Crippen LogP contribution in [-0.4, -0.2) is 9.55 Å². The monoisotopic (exact) mass is 502 g/mol. The molecule has 1 aliphatic rings. The zero-order chi connectivity index (χ0) is 22.6. The van der Waals surface area contributed by atoms with E-state index in [-0.39, 0.29) is 0 Å². The van der Waals surface area contributed by atoms with Crippen molar-refractivity contribution in [3.05, 3.63) is 102 Å². The lowest BCUT2D eigenvalue weighted by Crippen LogP contribution is -2.10. The maximum atomic E-state index is 5.16. The average Bonchev–Trinajstić information content (AvgIpc) is 3.23. The van der Waals surface area contributed by atoms with Gasteiger partial charge in [0.25, 0.3) is 0 Å². The van der Waals surface area contributed by atoms with Crippen LogP contribution >= 0.6 is 15.9 Å². The Morgan fingerprint density at radius 1 is 0.706 bits per heavy atom. The second kappa shape index (κ2) is 7.82. The molecule has 3 heteroatoms. The minimum Gasteiger partial charge on any atom is -0.337 e. The van der Waals surface area contributed by atoms with Crippen LogP contribution < -0.4 is 0 Å². The van der Waals surface area contributed by atoms with Gasteiger partial charge in [-0.2, -0.15) is 0 Å². The van der Waals surface area contributed by atoms with Crippen molar-refractivity contribution in [2.45, 2.75) is 25.3 Å². The third-order valence-electron chi connectivity index (χ3n) is 7.26. The fourth-order valence-corrected chi connectivity index (χ4v) is 6.03. The standard InChI is InChI=1S/C31H23BrN2/c32-21-16-14-20(15-17-21)31-25-18-19-28-30(29(25)23-10-4-6-12-26(23)33-31)24-11-5-7-13-27(24)34(28)22-8-2-1-3-9-22/h1-2,4-7,10-19,22H,3,8-9H2. The van der Waals surface area contributed by atoms with Crippen molar-refractivity contribution in [1.82, 2.24) is 9.55 Å². The van der Waals surface area contributed by atoms with Gasteiger partial charge in [-0.05, 0) is 49.6 Å². The SMILES string of the molecule is Brc1ccc(-c2nc3ccccc3c3c2ccc2c3c3ccccc3n2C2CC=CCC2)cc1. The minimum absolute atomic E-state index is 0.490. The first-order valence-electron chi connectivity index (χ1n) is 11.9. The summed E-state index contributed by atoms with van der Waals surface area (Å²) >= 11 is 3.58. The molecule has 2 aromatic heterocycles. The lowest BCUT2D eigenvalue weighted by atomic mass is 9.96. The normalized spacial score (nSPS) is 16.2. The summed E-state index contributed by atoms with van der Waals surface area (Å²) in [5.41, 5.74) is 5.88. The van der Waals surface area contributed by atoms with Gasteiger partial charge < -0.3 is 4.57 Å². The van der Waals surface area contributed by atoms with Crippen LogP contribution in [0.25, 0.3) is 54.7 Å². The van der Waals surface area contributed by atoms with E-state index in [0.29, 0.717) is 6.04 Å². The molecule has 164 valence electrons. The Kier molecular flexibility index (Phi) is 4.59. The molecule has 0 saturated carbocycles. The molecule has 1 aliphatic carbocycles. The molecule has 1 atom stereocenters. The summed E-state index contributed by atoms with van der Waals surface area (Å²) in [5.74, 6) is 0. The highest BCUT2D eigenvalue weighted by molar-refractivity contribution is 9.10. The van der Waals surface area contributed by atoms with E-state index in [1.165, 1.54) is 44.4 Å². The number of allylic oxidation sites excluding steroid dienone is 2. The number of aromatic nitrogens is 2. The van der Waals surface area contributed by atoms with Gasteiger partial charge >= 0.3 is 0 Å². The molecule has 7 rings (SSSR count). The number of nitrogens with zero attached hydrogens (tertiary/aromatic N) is 2. The molecule has 2 nitrogen and oxygen atoms in total. The molecule has 34 heavy (non-hydrogen) atoms. The van der Waals surface area contributed by atoms with E-state index in [1.807, 2.05) is 0 Å². The summed E-state index contributed by atoms with van der Waals surface area (Å²) in [6, 6.07) is 31.1. The largest absolute Gasteiger partial charge is 0.337 e. The van der Waals surface area contributed by atoms with Crippen molar-refractivity contribution >= 4 is 59.4 Å². The molecule has 0 bridgehead atoms. The van der Waals surface area contributed by atoms with Gasteiger partial charge in [0.1, 0.15) is 0 Å². The molecular weight excluding hydrogens is 480 g/mol. The number of pyridine rings is 1. The van der Waals surface area contributed by atoms with Crippen molar-refractivity contribution in [3.63, 3.8) is 0 Å². The Labute approximate surface area is 206 Å². The number of para-hydroxylation sites is 2. The lowest BCUT2D eigenvalue weighted by Gasteiger charge is -2.22. The van der Waals surface area contributed by atoms with Gasteiger partial charge in [0, 0.05) is 48.5 Å². The van der Waals surface area contributed by atoms with E-state index >= 15 is 0 Å². The molecular formula is C31H23BrN2. The molecule has 0 spiro atoms. The average molecular weight is 503 g/mol. The fourth-order valence-electron chi connectivity index (χ4n) is 5.76. The number of rotatable bonds is 2. The van der Waals surface area contributed by atoms with Gasteiger partial charge in [-0.25, -0.2) is 4.98 Å². The topological polar surface area (TPSA) is 17.8 Å². The molecule has 0 amide bonds. The van der Waals surface area contributed by atoms with E-state index in [9.17, 15) is 0 Å². The van der Waals surface area contributed by atoms with E-state index in [1.54, 1.807) is 0 Å². The highest BCUT2D eigenvalue weighted by Crippen LogP contribution is 2.43. The summed E-state index contributed by atoms with van der Waals surface area (Å²) in [4.78, 5) is 5.16. The molecule has 0 radical (unpaired) electrons. The summed E-state index contributed by atoms with van der Waals surface area (Å²) in [5, 5.41) is 6.41. The zero-order valence-electron chi connectivity index (χ0n) is 18.7. The van der Waals surface area contributed by atoms with Gasteiger partial charge in [-0.3, -0.25) is 0 Å². The number of hydrogen-bond acceptors (Lipinski definition) is 1. The van der Waals surface area contributed by atoms with Crippen LogP contribution in [0.3, 0.4) is 0 Å². The van der Waals surface area contributed by atoms with Crippen molar-refractivity contribution in [1.29, 1.82) is 0 Å². The Morgan fingerprint density at radius 2 is 1.50 bits per heavy atom. The molecule has 6 aromatic rings. The minimum atomic E-state index is 0.490. The molecule has 0 saturated heterocycles. The number of benzene rings is 4. The smallest absolute Gasteiger partial charge is 0.0788 e. The van der Waals surface area contributed by atoms with E-state index in [0.717, 1.165) is 34.1 Å². The quantitative estimate of drug-likeness (QED) is 0.170. The second-order valence-corrected chi connectivity index (χ2v) is 10.1. The first-order chi connectivity index (χ1) is 16.8. The number of fused-ring (bicyclic) bond motifs is 7. The van der Waals surface area contributed by atoms with Crippen molar-refractivity contribution in [2.24, 2.45) is 0 Å². The summed E-state index contributed by atoms with van der Waals surface area (Å²) in [7, 11) is 0. The molecule has 0 N–H and O–H groups in total. The summed E-state index contributed by atoms with van der Waals surface area (Å²) in [6.45, 7) is 0. The summed E-state index contributed by atoms with van der Waals surface area (Å²) in [6.07, 6.45) is 8.09. The lowest BCUT2D eigenvalue weighted by molar-refractivity contribution is 0.485. The Morgan fingerprint density at radius 3 is 2.32 bits per heavy atom. The van der Waals surface area contributed by atoms with E-state index < -0.39 is 0 Å². The highest BCUT2D eigenvalue weighted by Gasteiger charge is 2.22. The molecule has 2 heterocycles. The first-order valence-corrected chi connectivity index (χ1v) is 12.7. The molecule has 1 unspecified atom stereocenters. The maximum Gasteiger partial charge on any atom is 0.0788 e. The Hall–Kier alpha value is -3.43. The van der Waals surface area contributed by atoms with E-state index in [2.05, 4.69) is 118 Å². The van der Waals surface area contributed by atoms with Gasteiger partial charge in [-0.15, -0.1) is 0 Å². The van der Waals surface area contributed by atoms with Crippen LogP contribution in [-0.2, 0) is 0 Å². The Bertz CT molecular complexity index is 1740. The van der Waals surface area contributed by atoms with Crippen LogP contribution in [0, 0.1) is 0 Å². The predicted molar refractivity (Wildman–Crippen MR) is 147 cm³/mol. The van der Waals surface area contributed by atoms with Crippen molar-refractivity contribution in [2.75, 3.05) is 0 Å². The fraction of sp³-hybridized carbons (Fsp3) is 0.129. The van der Waals surface area contributed by atoms with Gasteiger partial charge in [0.05, 0.1) is 16.7 Å². The molecule has 0 fully saturated rings. The number of halogens is 1. The van der Waals surface area contributed by atoms with Crippen LogP contribution in [0.4, 0.5) is 0 Å². The van der Waals surface area contributed by atoms with Crippen molar-refractivity contribution in [3.8, 4) is 11.3 Å². The van der Waals surface area contributed by atoms with Crippen LogP contribution in [0.15, 0.2) is 102 Å². The highest BCUT2D eigenvalue weighted by atomic mass is 79.9. The van der Waals surface area contributed by atoms with Gasteiger partial charge in [0.15, 0.2) is 0 Å². The van der Waals surface area contributed by atoms with Crippen LogP contribution in [0.5, 0.6) is 0 Å². The summed E-state index contributed by atoms with van der Waals surface area (Å²) < 4.78 is 3.68. The third kappa shape index (κ3) is 2.97. The molecule has 0 aliphatic heterocycles. The van der Waals surface area contributed by atoms with Gasteiger partial charge in [0.2, 0.25) is 0 Å².